The third-order valence-electron chi connectivity index (χ3n) is 10.6. The van der Waals surface area contributed by atoms with Crippen LogP contribution in [0.1, 0.15) is 68.2 Å². The first-order chi connectivity index (χ1) is 25.6. The summed E-state index contributed by atoms with van der Waals surface area (Å²) in [5.74, 6) is 4.85. The van der Waals surface area contributed by atoms with E-state index < -0.39 is 0 Å². The molecular weight excluding hydrogens is 649 g/mol. The van der Waals surface area contributed by atoms with Gasteiger partial charge in [-0.25, -0.2) is 0 Å². The van der Waals surface area contributed by atoms with Crippen LogP contribution in [-0.4, -0.2) is 28.4 Å². The molecule has 262 valence electrons. The van der Waals surface area contributed by atoms with E-state index in [4.69, 9.17) is 28.4 Å². The van der Waals surface area contributed by atoms with Crippen LogP contribution in [0.5, 0.6) is 34.5 Å². The zero-order valence-electron chi connectivity index (χ0n) is 29.9. The Morgan fingerprint density at radius 2 is 0.712 bits per heavy atom. The van der Waals surface area contributed by atoms with E-state index in [0.717, 1.165) is 45.6 Å². The van der Waals surface area contributed by atoms with Gasteiger partial charge in [0.2, 0.25) is 0 Å². The lowest BCUT2D eigenvalue weighted by atomic mass is 9.79. The molecule has 0 aromatic heterocycles. The molecule has 0 N–H and O–H groups in total. The predicted molar refractivity (Wildman–Crippen MR) is 203 cm³/mol. The average molecular weight is 691 g/mol. The minimum Gasteiger partial charge on any atom is -0.493 e. The zero-order valence-corrected chi connectivity index (χ0v) is 29.9. The molecule has 0 radical (unpaired) electrons. The first-order valence-electron chi connectivity index (χ1n) is 17.6. The fraction of sp³-hybridized carbons (Fsp3) is 0.217. The molecule has 2 aliphatic rings. The third kappa shape index (κ3) is 6.08. The number of rotatable bonds is 12. The number of hydrogen-bond donors (Lipinski definition) is 0. The highest BCUT2D eigenvalue weighted by molar-refractivity contribution is 5.66. The highest BCUT2D eigenvalue weighted by Crippen LogP contribution is 2.67. The molecule has 4 atom stereocenters. The van der Waals surface area contributed by atoms with Crippen molar-refractivity contribution >= 4 is 0 Å². The summed E-state index contributed by atoms with van der Waals surface area (Å²) in [6.07, 6.45) is 0. The van der Waals surface area contributed by atoms with E-state index in [1.165, 1.54) is 33.4 Å². The van der Waals surface area contributed by atoms with Gasteiger partial charge in [-0.3, -0.25) is 0 Å². The van der Waals surface area contributed by atoms with Crippen molar-refractivity contribution in [2.75, 3.05) is 28.4 Å². The summed E-state index contributed by atoms with van der Waals surface area (Å²) in [5, 5.41) is 0. The summed E-state index contributed by atoms with van der Waals surface area (Å²) in [5.41, 5.74) is 9.65. The summed E-state index contributed by atoms with van der Waals surface area (Å²) in [6, 6.07) is 46.4. The number of ether oxygens (including phenoxy) is 6. The molecule has 0 aliphatic heterocycles. The van der Waals surface area contributed by atoms with Gasteiger partial charge in [0.05, 0.1) is 28.4 Å². The lowest BCUT2D eigenvalue weighted by Crippen LogP contribution is -2.10. The fourth-order valence-corrected chi connectivity index (χ4v) is 8.28. The van der Waals surface area contributed by atoms with Crippen LogP contribution in [-0.2, 0) is 13.2 Å². The van der Waals surface area contributed by atoms with Gasteiger partial charge < -0.3 is 28.4 Å². The minimum atomic E-state index is 0.0401. The Morgan fingerprint density at radius 1 is 0.385 bits per heavy atom. The van der Waals surface area contributed by atoms with Gasteiger partial charge in [-0.15, -0.1) is 0 Å². The molecule has 0 unspecified atom stereocenters. The molecule has 0 saturated heterocycles. The van der Waals surface area contributed by atoms with Crippen LogP contribution in [0.15, 0.2) is 133 Å². The van der Waals surface area contributed by atoms with Gasteiger partial charge >= 0.3 is 0 Å². The van der Waals surface area contributed by atoms with E-state index in [1.54, 1.807) is 28.4 Å². The van der Waals surface area contributed by atoms with Crippen LogP contribution >= 0.6 is 0 Å². The molecule has 8 rings (SSSR count). The van der Waals surface area contributed by atoms with Gasteiger partial charge in [-0.2, -0.15) is 0 Å². The van der Waals surface area contributed by atoms with Crippen LogP contribution in [0.4, 0.5) is 0 Å². The maximum absolute atomic E-state index is 6.19. The summed E-state index contributed by atoms with van der Waals surface area (Å²) >= 11 is 0. The van der Waals surface area contributed by atoms with E-state index in [9.17, 15) is 0 Å². The maximum atomic E-state index is 6.19. The number of fused-ring (bicyclic) bond motifs is 5. The molecule has 0 bridgehead atoms. The van der Waals surface area contributed by atoms with Crippen molar-refractivity contribution in [1.29, 1.82) is 0 Å². The first kappa shape index (κ1) is 33.3. The molecule has 6 aromatic rings. The molecule has 6 nitrogen and oxygen atoms in total. The van der Waals surface area contributed by atoms with Crippen molar-refractivity contribution in [3.8, 4) is 34.5 Å². The SMILES string of the molecule is COc1cc2c(cc1OC)[C@@H]1[C@@H](c3ccc(OCc4ccccc4)cc3)c3cc(OC)c(OC)cc3[C@@H]1[C@H]2c1ccc(OCc2ccccc2)cc1. The van der Waals surface area contributed by atoms with Crippen molar-refractivity contribution in [2.24, 2.45) is 0 Å². The molecule has 0 saturated carbocycles. The Bertz CT molecular complexity index is 1990. The van der Waals surface area contributed by atoms with E-state index in [-0.39, 0.29) is 23.7 Å². The van der Waals surface area contributed by atoms with E-state index >= 15 is 0 Å². The Hall–Kier alpha value is -5.88. The fourth-order valence-electron chi connectivity index (χ4n) is 8.28. The van der Waals surface area contributed by atoms with Crippen molar-refractivity contribution in [1.82, 2.24) is 0 Å². The summed E-state index contributed by atoms with van der Waals surface area (Å²) < 4.78 is 36.0. The topological polar surface area (TPSA) is 55.4 Å². The minimum absolute atomic E-state index is 0.0401. The Balaban J connectivity index is 1.21. The van der Waals surface area contributed by atoms with Crippen LogP contribution in [0.2, 0.25) is 0 Å². The number of methoxy groups -OCH3 is 4. The summed E-state index contributed by atoms with van der Waals surface area (Å²) in [7, 11) is 6.80. The summed E-state index contributed by atoms with van der Waals surface area (Å²) in [4.78, 5) is 0. The molecular formula is C46H42O6. The van der Waals surface area contributed by atoms with Crippen molar-refractivity contribution in [3.05, 3.63) is 178 Å². The molecule has 0 heterocycles. The molecule has 0 spiro atoms. The predicted octanol–water partition coefficient (Wildman–Crippen LogP) is 10.0. The van der Waals surface area contributed by atoms with Crippen LogP contribution < -0.4 is 28.4 Å². The Labute approximate surface area is 305 Å². The number of benzene rings is 6. The van der Waals surface area contributed by atoms with Crippen LogP contribution in [0, 0.1) is 0 Å². The van der Waals surface area contributed by atoms with Gasteiger partial charge in [-0.1, -0.05) is 84.9 Å². The monoisotopic (exact) mass is 690 g/mol. The molecule has 6 aromatic carbocycles. The van der Waals surface area contributed by atoms with E-state index in [1.807, 2.05) is 36.4 Å². The van der Waals surface area contributed by atoms with Gasteiger partial charge in [0.1, 0.15) is 24.7 Å². The maximum Gasteiger partial charge on any atom is 0.161 e. The molecule has 52 heavy (non-hydrogen) atoms. The van der Waals surface area contributed by atoms with Gasteiger partial charge in [-0.05, 0) is 93.0 Å². The van der Waals surface area contributed by atoms with Crippen molar-refractivity contribution in [3.63, 3.8) is 0 Å². The quantitative estimate of drug-likeness (QED) is 0.127. The lowest BCUT2D eigenvalue weighted by molar-refractivity contribution is 0.306. The van der Waals surface area contributed by atoms with E-state index in [2.05, 4.69) is 97.1 Å². The second kappa shape index (κ2) is 14.4. The second-order valence-electron chi connectivity index (χ2n) is 13.4. The van der Waals surface area contributed by atoms with Crippen molar-refractivity contribution < 1.29 is 28.4 Å². The molecule has 0 fully saturated rings. The van der Waals surface area contributed by atoms with Crippen LogP contribution in [0.25, 0.3) is 0 Å². The first-order valence-corrected chi connectivity index (χ1v) is 17.6. The normalized spacial score (nSPS) is 18.2. The van der Waals surface area contributed by atoms with Gasteiger partial charge in [0, 0.05) is 23.7 Å². The van der Waals surface area contributed by atoms with Crippen molar-refractivity contribution in [2.45, 2.75) is 36.9 Å². The largest absolute Gasteiger partial charge is 0.493 e. The molecule has 0 amide bonds. The zero-order chi connectivity index (χ0) is 35.6. The number of hydrogen-bond acceptors (Lipinski definition) is 6. The molecule has 6 heteroatoms. The highest BCUT2D eigenvalue weighted by Gasteiger charge is 2.53. The standard InChI is InChI=1S/C46H42O6/c1-47-39-23-35-37(25-41(39)49-3)45-44(32-17-21-34(22-18-32)52-28-30-13-9-6-10-14-30)36-24-40(48-2)42(50-4)26-38(36)46(45)43(35)31-15-19-33(20-16-31)51-27-29-11-7-5-8-12-29/h5-26,43-46H,27-28H2,1-4H3/t43-,44-,45+,46+/m0/s1. The van der Waals surface area contributed by atoms with Gasteiger partial charge in [0.25, 0.3) is 0 Å². The lowest BCUT2D eigenvalue weighted by Gasteiger charge is -2.24. The highest BCUT2D eigenvalue weighted by atomic mass is 16.5. The third-order valence-corrected chi connectivity index (χ3v) is 10.6. The van der Waals surface area contributed by atoms with E-state index in [0.29, 0.717) is 13.2 Å². The Kier molecular flexibility index (Phi) is 9.21. The molecule has 2 aliphatic carbocycles. The Morgan fingerprint density at radius 3 is 1.04 bits per heavy atom. The summed E-state index contributed by atoms with van der Waals surface area (Å²) in [6.45, 7) is 1.03. The average Bonchev–Trinajstić information content (AvgIpc) is 3.70. The van der Waals surface area contributed by atoms with Gasteiger partial charge in [0.15, 0.2) is 23.0 Å². The smallest absolute Gasteiger partial charge is 0.161 e. The second-order valence-corrected chi connectivity index (χ2v) is 13.4. The van der Waals surface area contributed by atoms with Crippen LogP contribution in [0.3, 0.4) is 0 Å².